The van der Waals surface area contributed by atoms with Gasteiger partial charge in [-0.1, -0.05) is 6.07 Å². The van der Waals surface area contributed by atoms with Crippen molar-refractivity contribution >= 4 is 21.8 Å². The monoisotopic (exact) mass is 283 g/mol. The number of ether oxygens (including phenoxy) is 1. The summed E-state index contributed by atoms with van der Waals surface area (Å²) in [5.74, 6) is 1.35. The molecule has 1 fully saturated rings. The largest absolute Gasteiger partial charge is 0.496 e. The predicted octanol–water partition coefficient (Wildman–Crippen LogP) is 2.40. The molecule has 3 nitrogen and oxygen atoms in total. The minimum atomic E-state index is 0.219. The lowest BCUT2D eigenvalue weighted by Crippen LogP contribution is -2.18. The van der Waals surface area contributed by atoms with Crippen molar-refractivity contribution in [3.63, 3.8) is 0 Å². The van der Waals surface area contributed by atoms with Gasteiger partial charge in [0.05, 0.1) is 11.6 Å². The first kappa shape index (κ1) is 11.5. The zero-order valence-corrected chi connectivity index (χ0v) is 11.0. The summed E-state index contributed by atoms with van der Waals surface area (Å²) in [4.78, 5) is 13.2. The van der Waals surface area contributed by atoms with Crippen LogP contribution >= 0.6 is 15.9 Å². The van der Waals surface area contributed by atoms with Crippen molar-refractivity contribution in [2.24, 2.45) is 0 Å². The molecule has 1 heterocycles. The number of hydrogen-bond acceptors (Lipinski definition) is 2. The molecular weight excluding hydrogens is 270 g/mol. The Morgan fingerprint density at radius 3 is 2.75 bits per heavy atom. The van der Waals surface area contributed by atoms with Gasteiger partial charge in [0.15, 0.2) is 0 Å². The maximum absolute atomic E-state index is 11.5. The average molecular weight is 284 g/mol. The fourth-order valence-electron chi connectivity index (χ4n) is 2.02. The fourth-order valence-corrected chi connectivity index (χ4v) is 2.58. The molecule has 0 aromatic heterocycles. The van der Waals surface area contributed by atoms with Gasteiger partial charge < -0.3 is 9.64 Å². The standard InChI is InChI=1S/C12H14BrNO2/c1-14-7-9(6-12(14)15)8-3-4-11(16-2)10(13)5-8/h3-5,9H,6-7H2,1-2H3. The Labute approximate surface area is 104 Å². The average Bonchev–Trinajstić information content (AvgIpc) is 2.59. The third-order valence-corrected chi connectivity index (χ3v) is 3.61. The topological polar surface area (TPSA) is 29.5 Å². The van der Waals surface area contributed by atoms with Crippen LogP contribution in [0.1, 0.15) is 17.9 Å². The van der Waals surface area contributed by atoms with E-state index in [0.717, 1.165) is 16.8 Å². The summed E-state index contributed by atoms with van der Waals surface area (Å²) in [6.45, 7) is 0.803. The molecule has 0 radical (unpaired) electrons. The van der Waals surface area contributed by atoms with Crippen molar-refractivity contribution in [3.8, 4) is 5.75 Å². The Morgan fingerprint density at radius 1 is 1.50 bits per heavy atom. The van der Waals surface area contributed by atoms with E-state index in [-0.39, 0.29) is 5.91 Å². The number of carbonyl (C=O) groups excluding carboxylic acids is 1. The van der Waals surface area contributed by atoms with Crippen LogP contribution in [0.3, 0.4) is 0 Å². The maximum atomic E-state index is 11.5. The molecule has 0 saturated carbocycles. The van der Waals surface area contributed by atoms with E-state index in [1.54, 1.807) is 12.0 Å². The number of hydrogen-bond donors (Lipinski definition) is 0. The first-order chi connectivity index (χ1) is 7.61. The van der Waals surface area contributed by atoms with E-state index in [9.17, 15) is 4.79 Å². The van der Waals surface area contributed by atoms with Crippen LogP contribution in [0.15, 0.2) is 22.7 Å². The van der Waals surface area contributed by atoms with E-state index < -0.39 is 0 Å². The molecule has 1 aromatic carbocycles. The first-order valence-corrected chi connectivity index (χ1v) is 5.98. The van der Waals surface area contributed by atoms with Crippen molar-refractivity contribution < 1.29 is 9.53 Å². The van der Waals surface area contributed by atoms with Gasteiger partial charge in [-0.25, -0.2) is 0 Å². The highest BCUT2D eigenvalue weighted by Crippen LogP contribution is 2.32. The highest BCUT2D eigenvalue weighted by molar-refractivity contribution is 9.10. The maximum Gasteiger partial charge on any atom is 0.223 e. The molecule has 1 aliphatic heterocycles. The number of amides is 1. The number of halogens is 1. The van der Waals surface area contributed by atoms with Gasteiger partial charge in [-0.15, -0.1) is 0 Å². The summed E-state index contributed by atoms with van der Waals surface area (Å²) < 4.78 is 6.12. The number of rotatable bonds is 2. The molecule has 1 saturated heterocycles. The minimum absolute atomic E-state index is 0.219. The quantitative estimate of drug-likeness (QED) is 0.834. The molecule has 2 rings (SSSR count). The Hall–Kier alpha value is -1.03. The lowest BCUT2D eigenvalue weighted by molar-refractivity contribution is -0.126. The molecule has 1 aromatic rings. The highest BCUT2D eigenvalue weighted by Gasteiger charge is 2.28. The van der Waals surface area contributed by atoms with Crippen molar-refractivity contribution in [1.82, 2.24) is 4.90 Å². The number of likely N-dealkylation sites (N-methyl/N-ethyl adjacent to an activating group) is 1. The number of benzene rings is 1. The number of likely N-dealkylation sites (tertiary alicyclic amines) is 1. The molecule has 0 bridgehead atoms. The molecule has 86 valence electrons. The van der Waals surface area contributed by atoms with Gasteiger partial charge in [0.2, 0.25) is 5.91 Å². The van der Waals surface area contributed by atoms with E-state index in [1.807, 2.05) is 25.2 Å². The summed E-state index contributed by atoms with van der Waals surface area (Å²) in [5, 5.41) is 0. The molecule has 1 atom stereocenters. The predicted molar refractivity (Wildman–Crippen MR) is 65.7 cm³/mol. The summed E-state index contributed by atoms with van der Waals surface area (Å²) in [5.41, 5.74) is 1.19. The summed E-state index contributed by atoms with van der Waals surface area (Å²) in [6.07, 6.45) is 0.606. The molecule has 0 N–H and O–H groups in total. The Bertz CT molecular complexity index is 419. The van der Waals surface area contributed by atoms with Crippen LogP contribution in [0, 0.1) is 0 Å². The Balaban J connectivity index is 2.22. The molecule has 4 heteroatoms. The molecule has 1 unspecified atom stereocenters. The molecule has 0 spiro atoms. The fraction of sp³-hybridized carbons (Fsp3) is 0.417. The third-order valence-electron chi connectivity index (χ3n) is 2.99. The van der Waals surface area contributed by atoms with Gasteiger partial charge in [-0.2, -0.15) is 0 Å². The summed E-state index contributed by atoms with van der Waals surface area (Å²) in [6, 6.07) is 6.00. The number of methoxy groups -OCH3 is 1. The summed E-state index contributed by atoms with van der Waals surface area (Å²) >= 11 is 3.46. The minimum Gasteiger partial charge on any atom is -0.496 e. The molecule has 1 amide bonds. The van der Waals surface area contributed by atoms with Gasteiger partial charge >= 0.3 is 0 Å². The second-order valence-electron chi connectivity index (χ2n) is 4.07. The molecule has 0 aliphatic carbocycles. The normalized spacial score (nSPS) is 20.3. The van der Waals surface area contributed by atoms with Crippen LogP contribution in [0.4, 0.5) is 0 Å². The van der Waals surface area contributed by atoms with Gasteiger partial charge in [-0.05, 0) is 33.6 Å². The van der Waals surface area contributed by atoms with Crippen molar-refractivity contribution in [3.05, 3.63) is 28.2 Å². The van der Waals surface area contributed by atoms with Gasteiger partial charge in [0.25, 0.3) is 0 Å². The van der Waals surface area contributed by atoms with Gasteiger partial charge in [-0.3, -0.25) is 4.79 Å². The van der Waals surface area contributed by atoms with Crippen LogP contribution in [-0.4, -0.2) is 31.5 Å². The van der Waals surface area contributed by atoms with Crippen molar-refractivity contribution in [2.75, 3.05) is 20.7 Å². The van der Waals surface area contributed by atoms with Crippen molar-refractivity contribution in [1.29, 1.82) is 0 Å². The summed E-state index contributed by atoms with van der Waals surface area (Å²) in [7, 11) is 3.49. The number of nitrogens with zero attached hydrogens (tertiary/aromatic N) is 1. The van der Waals surface area contributed by atoms with E-state index in [2.05, 4.69) is 15.9 Å². The smallest absolute Gasteiger partial charge is 0.223 e. The molecule has 16 heavy (non-hydrogen) atoms. The SMILES string of the molecule is COc1ccc(C2CC(=O)N(C)C2)cc1Br. The number of carbonyl (C=O) groups is 1. The van der Waals surface area contributed by atoms with Crippen LogP contribution in [0.5, 0.6) is 5.75 Å². The van der Waals surface area contributed by atoms with Crippen LogP contribution in [-0.2, 0) is 4.79 Å². The zero-order chi connectivity index (χ0) is 11.7. The van der Waals surface area contributed by atoms with Crippen molar-refractivity contribution in [2.45, 2.75) is 12.3 Å². The van der Waals surface area contributed by atoms with Crippen LogP contribution in [0.25, 0.3) is 0 Å². The zero-order valence-electron chi connectivity index (χ0n) is 9.37. The lowest BCUT2D eigenvalue weighted by Gasteiger charge is -2.12. The van der Waals surface area contributed by atoms with E-state index in [0.29, 0.717) is 12.3 Å². The third kappa shape index (κ3) is 2.07. The Kier molecular flexibility index (Phi) is 3.19. The Morgan fingerprint density at radius 2 is 2.25 bits per heavy atom. The molecular formula is C12H14BrNO2. The van der Waals surface area contributed by atoms with Crippen LogP contribution < -0.4 is 4.74 Å². The second kappa shape index (κ2) is 4.45. The lowest BCUT2D eigenvalue weighted by atomic mass is 9.98. The van der Waals surface area contributed by atoms with Gasteiger partial charge in [0.1, 0.15) is 5.75 Å². The van der Waals surface area contributed by atoms with Gasteiger partial charge in [0, 0.05) is 25.9 Å². The highest BCUT2D eigenvalue weighted by atomic mass is 79.9. The van der Waals surface area contributed by atoms with Crippen LogP contribution in [0.2, 0.25) is 0 Å². The second-order valence-corrected chi connectivity index (χ2v) is 4.92. The molecule has 1 aliphatic rings. The van der Waals surface area contributed by atoms with E-state index in [4.69, 9.17) is 4.74 Å². The first-order valence-electron chi connectivity index (χ1n) is 5.19. The van der Waals surface area contributed by atoms with E-state index in [1.165, 1.54) is 5.56 Å². The van der Waals surface area contributed by atoms with E-state index >= 15 is 0 Å².